The molecule has 26 heavy (non-hydrogen) atoms. The number of halogens is 2. The van der Waals surface area contributed by atoms with Gasteiger partial charge in [0.05, 0.1) is 11.7 Å². The summed E-state index contributed by atoms with van der Waals surface area (Å²) in [5.41, 5.74) is -0.169. The quantitative estimate of drug-likeness (QED) is 0.892. The summed E-state index contributed by atoms with van der Waals surface area (Å²) in [6.07, 6.45) is 2.11. The third kappa shape index (κ3) is 3.87. The average Bonchev–Trinajstić information content (AvgIpc) is 2.58. The second-order valence-electron chi connectivity index (χ2n) is 7.54. The molecule has 2 aliphatic heterocycles. The number of β-amino-alcohol motifs (C(OH)–C–C–N with tert-alkyl or cyclic N) is 1. The highest BCUT2D eigenvalue weighted by Crippen LogP contribution is 2.40. The van der Waals surface area contributed by atoms with Crippen LogP contribution in [0.25, 0.3) is 0 Å². The molecule has 1 atom stereocenters. The average molecular weight is 366 g/mol. The lowest BCUT2D eigenvalue weighted by molar-refractivity contribution is -0.140. The molecule has 7 heteroatoms. The van der Waals surface area contributed by atoms with Gasteiger partial charge in [-0.1, -0.05) is 0 Å². The van der Waals surface area contributed by atoms with Crippen molar-refractivity contribution in [1.82, 2.24) is 9.80 Å². The van der Waals surface area contributed by atoms with Crippen LogP contribution in [0.5, 0.6) is 0 Å². The van der Waals surface area contributed by atoms with E-state index in [1.54, 1.807) is 16.7 Å². The van der Waals surface area contributed by atoms with Crippen LogP contribution in [0, 0.1) is 17.0 Å². The molecular weight excluding hydrogens is 342 g/mol. The lowest BCUT2D eigenvalue weighted by atomic mass is 9.72. The lowest BCUT2D eigenvalue weighted by Gasteiger charge is -2.47. The molecule has 0 radical (unpaired) electrons. The third-order valence-corrected chi connectivity index (χ3v) is 5.51. The van der Waals surface area contributed by atoms with E-state index in [-0.39, 0.29) is 16.9 Å². The maximum Gasteiger partial charge on any atom is 0.256 e. The van der Waals surface area contributed by atoms with Gasteiger partial charge in [0.15, 0.2) is 0 Å². The maximum atomic E-state index is 13.9. The number of aliphatic hydroxyl groups excluding tert-OH is 1. The van der Waals surface area contributed by atoms with Crippen molar-refractivity contribution in [2.75, 3.05) is 26.2 Å². The summed E-state index contributed by atoms with van der Waals surface area (Å²) < 4.78 is 26.9. The largest absolute Gasteiger partial charge is 0.392 e. The van der Waals surface area contributed by atoms with Crippen molar-refractivity contribution in [3.8, 4) is 0 Å². The van der Waals surface area contributed by atoms with Crippen LogP contribution in [0.1, 0.15) is 43.0 Å². The van der Waals surface area contributed by atoms with E-state index in [0.29, 0.717) is 32.6 Å². The summed E-state index contributed by atoms with van der Waals surface area (Å²) in [5.74, 6) is -1.92. The molecule has 1 N–H and O–H groups in total. The van der Waals surface area contributed by atoms with E-state index >= 15 is 0 Å². The van der Waals surface area contributed by atoms with Gasteiger partial charge in [-0.15, -0.1) is 0 Å². The SMILES string of the molecule is C[C@@H](O)CN1CC2(CCC1=O)CCN(C(=O)c1ccc(F)cc1F)CC2. The van der Waals surface area contributed by atoms with Crippen LogP contribution in [-0.4, -0.2) is 59.0 Å². The Morgan fingerprint density at radius 1 is 1.27 bits per heavy atom. The Hall–Kier alpha value is -2.02. The Labute approximate surface area is 151 Å². The van der Waals surface area contributed by atoms with E-state index in [1.165, 1.54) is 6.07 Å². The molecule has 3 rings (SSSR count). The molecule has 0 bridgehead atoms. The molecule has 2 saturated heterocycles. The molecule has 0 saturated carbocycles. The maximum absolute atomic E-state index is 13.9. The minimum atomic E-state index is -0.846. The first-order chi connectivity index (χ1) is 12.3. The first kappa shape index (κ1) is 18.8. The number of amides is 2. The van der Waals surface area contributed by atoms with Gasteiger partial charge >= 0.3 is 0 Å². The van der Waals surface area contributed by atoms with Gasteiger partial charge < -0.3 is 14.9 Å². The Morgan fingerprint density at radius 2 is 1.96 bits per heavy atom. The second-order valence-corrected chi connectivity index (χ2v) is 7.54. The summed E-state index contributed by atoms with van der Waals surface area (Å²) >= 11 is 0. The second kappa shape index (κ2) is 7.31. The van der Waals surface area contributed by atoms with Crippen molar-refractivity contribution in [1.29, 1.82) is 0 Å². The van der Waals surface area contributed by atoms with Gasteiger partial charge in [0.1, 0.15) is 11.6 Å². The van der Waals surface area contributed by atoms with Crippen LogP contribution in [0.3, 0.4) is 0 Å². The van der Waals surface area contributed by atoms with E-state index < -0.39 is 23.6 Å². The number of hydrogen-bond donors (Lipinski definition) is 1. The molecule has 2 heterocycles. The Bertz CT molecular complexity index is 700. The number of aliphatic hydroxyl groups is 1. The normalized spacial score (nSPS) is 21.2. The molecular formula is C19H24F2N2O3. The monoisotopic (exact) mass is 366 g/mol. The standard InChI is InChI=1S/C19H24F2N2O3/c1-13(24)11-23-12-19(5-4-17(23)25)6-8-22(9-7-19)18(26)15-3-2-14(20)10-16(15)21/h2-3,10,13,24H,4-9,11-12H2,1H3/t13-/m1/s1. The van der Waals surface area contributed by atoms with Crippen LogP contribution >= 0.6 is 0 Å². The van der Waals surface area contributed by atoms with E-state index in [4.69, 9.17) is 0 Å². The van der Waals surface area contributed by atoms with Crippen molar-refractivity contribution >= 4 is 11.8 Å². The van der Waals surface area contributed by atoms with Crippen molar-refractivity contribution in [3.05, 3.63) is 35.4 Å². The fourth-order valence-corrected chi connectivity index (χ4v) is 4.01. The first-order valence-corrected chi connectivity index (χ1v) is 9.00. The number of likely N-dealkylation sites (tertiary alicyclic amines) is 2. The van der Waals surface area contributed by atoms with Gasteiger partial charge in [0.25, 0.3) is 5.91 Å². The van der Waals surface area contributed by atoms with Crippen molar-refractivity contribution in [2.24, 2.45) is 5.41 Å². The molecule has 2 amide bonds. The Morgan fingerprint density at radius 3 is 2.58 bits per heavy atom. The van der Waals surface area contributed by atoms with Gasteiger partial charge in [-0.2, -0.15) is 0 Å². The summed E-state index contributed by atoms with van der Waals surface area (Å²) in [7, 11) is 0. The highest BCUT2D eigenvalue weighted by atomic mass is 19.1. The van der Waals surface area contributed by atoms with Crippen LogP contribution in [0.2, 0.25) is 0 Å². The number of benzene rings is 1. The van der Waals surface area contributed by atoms with Gasteiger partial charge in [-0.05, 0) is 43.7 Å². The van der Waals surface area contributed by atoms with Crippen molar-refractivity contribution < 1.29 is 23.5 Å². The number of carbonyl (C=O) groups is 2. The number of piperidine rings is 2. The molecule has 1 aromatic rings. The zero-order valence-electron chi connectivity index (χ0n) is 14.9. The zero-order chi connectivity index (χ0) is 18.9. The minimum Gasteiger partial charge on any atom is -0.392 e. The minimum absolute atomic E-state index is 0.0546. The first-order valence-electron chi connectivity index (χ1n) is 9.00. The highest BCUT2D eigenvalue weighted by molar-refractivity contribution is 5.94. The number of carbonyl (C=O) groups excluding carboxylic acids is 2. The van der Waals surface area contributed by atoms with Crippen LogP contribution < -0.4 is 0 Å². The summed E-state index contributed by atoms with van der Waals surface area (Å²) in [6, 6.07) is 2.99. The predicted molar refractivity (Wildman–Crippen MR) is 91.4 cm³/mol. The van der Waals surface area contributed by atoms with Gasteiger partial charge in [-0.3, -0.25) is 9.59 Å². The third-order valence-electron chi connectivity index (χ3n) is 5.51. The molecule has 5 nitrogen and oxygen atoms in total. The van der Waals surface area contributed by atoms with Crippen molar-refractivity contribution in [2.45, 2.75) is 38.7 Å². The number of nitrogens with zero attached hydrogens (tertiary/aromatic N) is 2. The van der Waals surface area contributed by atoms with Gasteiger partial charge in [-0.25, -0.2) is 8.78 Å². The summed E-state index contributed by atoms with van der Waals surface area (Å²) in [5, 5.41) is 9.59. The number of hydrogen-bond acceptors (Lipinski definition) is 3. The number of rotatable bonds is 3. The molecule has 2 fully saturated rings. The van der Waals surface area contributed by atoms with Gasteiger partial charge in [0.2, 0.25) is 5.91 Å². The van der Waals surface area contributed by atoms with E-state index in [9.17, 15) is 23.5 Å². The molecule has 2 aliphatic rings. The Kier molecular flexibility index (Phi) is 5.27. The molecule has 142 valence electrons. The summed E-state index contributed by atoms with van der Waals surface area (Å²) in [4.78, 5) is 27.9. The van der Waals surface area contributed by atoms with E-state index in [0.717, 1.165) is 31.4 Å². The van der Waals surface area contributed by atoms with Gasteiger partial charge in [0, 0.05) is 38.7 Å². The molecule has 1 aromatic carbocycles. The zero-order valence-corrected chi connectivity index (χ0v) is 14.9. The van der Waals surface area contributed by atoms with E-state index in [2.05, 4.69) is 0 Å². The highest BCUT2D eigenvalue weighted by Gasteiger charge is 2.42. The topological polar surface area (TPSA) is 60.9 Å². The smallest absolute Gasteiger partial charge is 0.256 e. The van der Waals surface area contributed by atoms with Crippen LogP contribution in [0.15, 0.2) is 18.2 Å². The fourth-order valence-electron chi connectivity index (χ4n) is 4.01. The van der Waals surface area contributed by atoms with E-state index in [1.807, 2.05) is 0 Å². The molecule has 0 aromatic heterocycles. The fraction of sp³-hybridized carbons (Fsp3) is 0.579. The molecule has 0 aliphatic carbocycles. The molecule has 0 unspecified atom stereocenters. The molecule has 1 spiro atoms. The predicted octanol–water partition coefficient (Wildman–Crippen LogP) is 2.19. The Balaban J connectivity index is 1.65. The van der Waals surface area contributed by atoms with Crippen LogP contribution in [-0.2, 0) is 4.79 Å². The lowest BCUT2D eigenvalue weighted by Crippen LogP contribution is -2.53. The van der Waals surface area contributed by atoms with Crippen molar-refractivity contribution in [3.63, 3.8) is 0 Å². The van der Waals surface area contributed by atoms with Crippen LogP contribution in [0.4, 0.5) is 8.78 Å². The summed E-state index contributed by atoms with van der Waals surface area (Å²) in [6.45, 7) is 3.53.